The van der Waals surface area contributed by atoms with Crippen LogP contribution in [-0.4, -0.2) is 14.9 Å². The molecule has 3 rings (SSSR count). The molecule has 0 saturated carbocycles. The Morgan fingerprint density at radius 2 is 1.55 bits per heavy atom. The molecule has 3 nitrogen and oxygen atoms in total. The minimum atomic E-state index is 0.0266. The molecule has 1 N–H and O–H groups in total. The molecule has 0 aliphatic heterocycles. The van der Waals surface area contributed by atoms with E-state index in [2.05, 4.69) is 38.0 Å². The smallest absolute Gasteiger partial charge is 0.231 e. The fraction of sp³-hybridized carbons (Fsp3) is 0.211. The van der Waals surface area contributed by atoms with Crippen LogP contribution in [0.15, 0.2) is 60.7 Å². The summed E-state index contributed by atoms with van der Waals surface area (Å²) < 4.78 is 1.77. The Labute approximate surface area is 130 Å². The molecule has 0 aliphatic carbocycles. The van der Waals surface area contributed by atoms with Crippen molar-refractivity contribution in [2.45, 2.75) is 26.2 Å². The topological polar surface area (TPSA) is 38.0 Å². The number of rotatable bonds is 2. The first-order valence-corrected chi connectivity index (χ1v) is 7.40. The van der Waals surface area contributed by atoms with E-state index < -0.39 is 0 Å². The maximum absolute atomic E-state index is 9.81. The summed E-state index contributed by atoms with van der Waals surface area (Å²) in [6, 6.07) is 19.9. The average molecular weight is 292 g/mol. The zero-order valence-corrected chi connectivity index (χ0v) is 13.1. The van der Waals surface area contributed by atoms with E-state index >= 15 is 0 Å². The molecule has 0 fully saturated rings. The van der Waals surface area contributed by atoms with Gasteiger partial charge >= 0.3 is 0 Å². The highest BCUT2D eigenvalue weighted by Gasteiger charge is 2.15. The van der Waals surface area contributed by atoms with E-state index in [0.29, 0.717) is 0 Å². The molecule has 0 bridgehead atoms. The summed E-state index contributed by atoms with van der Waals surface area (Å²) in [5.74, 6) is 0.0266. The van der Waals surface area contributed by atoms with Gasteiger partial charge in [0.1, 0.15) is 0 Å². The van der Waals surface area contributed by atoms with Crippen LogP contribution in [0.25, 0.3) is 16.9 Å². The van der Waals surface area contributed by atoms with Gasteiger partial charge in [-0.25, -0.2) is 4.68 Å². The van der Waals surface area contributed by atoms with Crippen molar-refractivity contribution < 1.29 is 5.11 Å². The Bertz CT molecular complexity index is 765. The lowest BCUT2D eigenvalue weighted by Gasteiger charge is -2.19. The first kappa shape index (κ1) is 14.4. The summed E-state index contributed by atoms with van der Waals surface area (Å²) in [4.78, 5) is 0. The summed E-state index contributed by atoms with van der Waals surface area (Å²) in [6.45, 7) is 6.57. The third-order valence-corrected chi connectivity index (χ3v) is 3.74. The molecule has 22 heavy (non-hydrogen) atoms. The van der Waals surface area contributed by atoms with Crippen LogP contribution >= 0.6 is 0 Å². The molecule has 0 spiro atoms. The number of aromatic nitrogens is 2. The van der Waals surface area contributed by atoms with Gasteiger partial charge < -0.3 is 5.11 Å². The molecule has 112 valence electrons. The van der Waals surface area contributed by atoms with Crippen molar-refractivity contribution >= 4 is 0 Å². The maximum atomic E-state index is 9.81. The second-order valence-electron chi connectivity index (χ2n) is 6.46. The zero-order valence-electron chi connectivity index (χ0n) is 13.1. The highest BCUT2D eigenvalue weighted by molar-refractivity contribution is 5.63. The van der Waals surface area contributed by atoms with Crippen LogP contribution in [0.5, 0.6) is 5.88 Å². The zero-order chi connectivity index (χ0) is 15.7. The van der Waals surface area contributed by atoms with Gasteiger partial charge in [0, 0.05) is 11.6 Å². The van der Waals surface area contributed by atoms with Gasteiger partial charge in [0.05, 0.1) is 11.4 Å². The van der Waals surface area contributed by atoms with Crippen molar-refractivity contribution in [2.24, 2.45) is 0 Å². The van der Waals surface area contributed by atoms with Gasteiger partial charge in [-0.15, -0.1) is 5.10 Å². The summed E-state index contributed by atoms with van der Waals surface area (Å²) in [7, 11) is 0. The van der Waals surface area contributed by atoms with Crippen molar-refractivity contribution in [3.05, 3.63) is 66.2 Å². The van der Waals surface area contributed by atoms with E-state index in [1.807, 2.05) is 42.5 Å². The fourth-order valence-corrected chi connectivity index (χ4v) is 2.48. The monoisotopic (exact) mass is 292 g/mol. The number of nitrogens with zero attached hydrogens (tertiary/aromatic N) is 2. The predicted octanol–water partition coefficient (Wildman–Crippen LogP) is 4.54. The Morgan fingerprint density at radius 1 is 0.909 bits per heavy atom. The Kier molecular flexibility index (Phi) is 3.49. The molecule has 3 aromatic rings. The van der Waals surface area contributed by atoms with Crippen LogP contribution in [0.1, 0.15) is 26.3 Å². The molecule has 0 atom stereocenters. The van der Waals surface area contributed by atoms with Crippen molar-refractivity contribution in [1.82, 2.24) is 9.78 Å². The van der Waals surface area contributed by atoms with Gasteiger partial charge in [-0.1, -0.05) is 63.2 Å². The number of aromatic hydroxyl groups is 1. The number of hydrogen-bond donors (Lipinski definition) is 1. The molecule has 1 heterocycles. The van der Waals surface area contributed by atoms with Crippen LogP contribution in [0.2, 0.25) is 0 Å². The lowest BCUT2D eigenvalue weighted by molar-refractivity contribution is 0.448. The molecule has 2 aromatic carbocycles. The summed E-state index contributed by atoms with van der Waals surface area (Å²) in [5, 5.41) is 14.0. The quantitative estimate of drug-likeness (QED) is 0.753. The van der Waals surface area contributed by atoms with E-state index in [4.69, 9.17) is 0 Å². The summed E-state index contributed by atoms with van der Waals surface area (Å²) in [6.07, 6.45) is 0. The molecule has 3 heteroatoms. The largest absolute Gasteiger partial charge is 0.492 e. The molecule has 0 saturated heterocycles. The maximum Gasteiger partial charge on any atom is 0.231 e. The summed E-state index contributed by atoms with van der Waals surface area (Å²) in [5.41, 5.74) is 4.23. The minimum absolute atomic E-state index is 0.0266. The van der Waals surface area contributed by atoms with Crippen LogP contribution in [0, 0.1) is 0 Å². The highest BCUT2D eigenvalue weighted by atomic mass is 16.3. The third kappa shape index (κ3) is 2.75. The fourth-order valence-electron chi connectivity index (χ4n) is 2.48. The highest BCUT2D eigenvalue weighted by Crippen LogP contribution is 2.28. The molecular weight excluding hydrogens is 272 g/mol. The van der Waals surface area contributed by atoms with Crippen LogP contribution in [0.3, 0.4) is 0 Å². The third-order valence-electron chi connectivity index (χ3n) is 3.74. The van der Waals surface area contributed by atoms with E-state index in [9.17, 15) is 5.11 Å². The van der Waals surface area contributed by atoms with Crippen LogP contribution in [-0.2, 0) is 5.41 Å². The van der Waals surface area contributed by atoms with Gasteiger partial charge in [0.2, 0.25) is 5.88 Å². The first-order chi connectivity index (χ1) is 10.4. The van der Waals surface area contributed by atoms with E-state index in [0.717, 1.165) is 16.9 Å². The normalized spacial score (nSPS) is 11.6. The van der Waals surface area contributed by atoms with Gasteiger partial charge in [0.15, 0.2) is 0 Å². The van der Waals surface area contributed by atoms with Gasteiger partial charge in [-0.2, -0.15) is 0 Å². The number of hydrogen-bond acceptors (Lipinski definition) is 2. The SMILES string of the molecule is CC(C)(C)c1ccc(-n2nc(O)cc2-c2ccccc2)cc1. The molecule has 0 radical (unpaired) electrons. The van der Waals surface area contributed by atoms with Crippen molar-refractivity contribution in [1.29, 1.82) is 0 Å². The molecule has 1 aromatic heterocycles. The van der Waals surface area contributed by atoms with E-state index in [-0.39, 0.29) is 11.3 Å². The molecule has 0 unspecified atom stereocenters. The molecular formula is C19H20N2O. The lowest BCUT2D eigenvalue weighted by atomic mass is 9.87. The average Bonchev–Trinajstić information content (AvgIpc) is 2.89. The second-order valence-corrected chi connectivity index (χ2v) is 6.46. The van der Waals surface area contributed by atoms with Crippen molar-refractivity contribution in [3.63, 3.8) is 0 Å². The molecule has 0 aliphatic rings. The Morgan fingerprint density at radius 3 is 2.14 bits per heavy atom. The van der Waals surface area contributed by atoms with E-state index in [1.54, 1.807) is 10.7 Å². The van der Waals surface area contributed by atoms with Crippen molar-refractivity contribution in [2.75, 3.05) is 0 Å². The lowest BCUT2D eigenvalue weighted by Crippen LogP contribution is -2.11. The minimum Gasteiger partial charge on any atom is -0.492 e. The van der Waals surface area contributed by atoms with Crippen molar-refractivity contribution in [3.8, 4) is 22.8 Å². The molecule has 0 amide bonds. The van der Waals surface area contributed by atoms with Crippen LogP contribution < -0.4 is 0 Å². The standard InChI is InChI=1S/C19H20N2O/c1-19(2,3)15-9-11-16(12-10-15)21-17(13-18(22)20-21)14-7-5-4-6-8-14/h4-13H,1-3H3,(H,20,22). The van der Waals surface area contributed by atoms with E-state index in [1.165, 1.54) is 5.56 Å². The van der Waals surface area contributed by atoms with Gasteiger partial charge in [-0.3, -0.25) is 0 Å². The van der Waals surface area contributed by atoms with Gasteiger partial charge in [0.25, 0.3) is 0 Å². The van der Waals surface area contributed by atoms with Crippen LogP contribution in [0.4, 0.5) is 0 Å². The summed E-state index contributed by atoms with van der Waals surface area (Å²) >= 11 is 0. The van der Waals surface area contributed by atoms with Gasteiger partial charge in [-0.05, 0) is 23.1 Å². The Balaban J connectivity index is 2.06. The second kappa shape index (κ2) is 5.34. The Hall–Kier alpha value is -2.55. The number of benzene rings is 2. The predicted molar refractivity (Wildman–Crippen MR) is 89.4 cm³/mol. The first-order valence-electron chi connectivity index (χ1n) is 7.40.